The zero-order valence-corrected chi connectivity index (χ0v) is 47.2. The van der Waals surface area contributed by atoms with E-state index in [1.54, 1.807) is 0 Å². The number of rotatable bonds is 29. The Hall–Kier alpha value is -6.68. The number of aldehydes is 1. The number of nitrogens with one attached hydrogen (secondary N) is 6. The van der Waals surface area contributed by atoms with Gasteiger partial charge >= 0.3 is 16.3 Å². The van der Waals surface area contributed by atoms with E-state index in [0.717, 1.165) is 21.6 Å². The molecule has 0 unspecified atom stereocenters. The number of carbonyl (C=O) groups is 10. The monoisotopic (exact) mass is 1230 g/mol. The molecule has 3 fully saturated rings. The molecule has 464 valence electrons. The van der Waals surface area contributed by atoms with Crippen molar-refractivity contribution in [1.82, 2.24) is 46.6 Å². The molecule has 20 N–H and O–H groups in total. The van der Waals surface area contributed by atoms with Crippen molar-refractivity contribution in [3.8, 4) is 11.5 Å². The number of aliphatic hydroxyl groups excluding tert-OH is 3. The summed E-state index contributed by atoms with van der Waals surface area (Å²) in [5.41, 5.74) is 4.70. The third kappa shape index (κ3) is 19.7. The SMILES string of the molecule is C[C@@H](O)[C@H](NC(=O)[C@@H]1CCCN1C(=O)[C@H](CO[P+](O)(O)O)NC(=O)[C@@H]([NH3+])Cc1ccc(O)cc1)C(=O)N[C@@H](CO)C(=O)N1CCC[C@H]1C(=O)N[C@@H](CO)C(=O)N[C@@H](Cc1ccc(O)cc1)C(=O)N[C@@H](CO[P+](O)(O)O)C(=O)N1CCC[C@H]1C=O. The summed E-state index contributed by atoms with van der Waals surface area (Å²) in [6.45, 7) is -3.29. The van der Waals surface area contributed by atoms with E-state index < -0.39 is 162 Å². The van der Waals surface area contributed by atoms with Crippen LogP contribution in [0, 0.1) is 0 Å². The first-order valence-electron chi connectivity index (χ1n) is 26.5. The van der Waals surface area contributed by atoms with Crippen LogP contribution in [0.1, 0.15) is 56.6 Å². The van der Waals surface area contributed by atoms with Crippen LogP contribution in [0.15, 0.2) is 48.5 Å². The van der Waals surface area contributed by atoms with E-state index in [1.807, 2.05) is 0 Å². The second kappa shape index (κ2) is 30.9. The van der Waals surface area contributed by atoms with Crippen molar-refractivity contribution in [2.45, 2.75) is 125 Å². The summed E-state index contributed by atoms with van der Waals surface area (Å²) in [6.07, 6.45) is -0.586. The third-order valence-electron chi connectivity index (χ3n) is 13.9. The third-order valence-corrected chi connectivity index (χ3v) is 14.9. The van der Waals surface area contributed by atoms with Crippen LogP contribution in [0.2, 0.25) is 0 Å². The molecule has 11 atom stereocenters. The van der Waals surface area contributed by atoms with Crippen LogP contribution in [0.5, 0.6) is 11.5 Å². The van der Waals surface area contributed by atoms with Gasteiger partial charge in [-0.05, 0) is 80.8 Å². The number of likely N-dealkylation sites (tertiary alicyclic amines) is 3. The molecule has 0 aliphatic carbocycles. The molecule has 3 aliphatic heterocycles. The number of phenols is 2. The van der Waals surface area contributed by atoms with E-state index in [0.29, 0.717) is 23.8 Å². The lowest BCUT2D eigenvalue weighted by atomic mass is 10.0. The maximum Gasteiger partial charge on any atom is 0.567 e. The van der Waals surface area contributed by atoms with Gasteiger partial charge in [-0.25, -0.2) is 0 Å². The summed E-state index contributed by atoms with van der Waals surface area (Å²) in [5, 5.41) is 64.9. The van der Waals surface area contributed by atoms with Gasteiger partial charge in [-0.3, -0.25) is 43.2 Å². The molecule has 0 bridgehead atoms. The first-order chi connectivity index (χ1) is 39.5. The van der Waals surface area contributed by atoms with Crippen molar-refractivity contribution in [3.63, 3.8) is 0 Å². The van der Waals surface area contributed by atoms with Crippen LogP contribution in [-0.4, -0.2) is 242 Å². The normalized spacial score (nSPS) is 20.0. The van der Waals surface area contributed by atoms with Crippen LogP contribution < -0.4 is 37.6 Å². The first kappa shape index (κ1) is 68.1. The summed E-state index contributed by atoms with van der Waals surface area (Å²) in [4.78, 5) is 196. The fraction of sp³-hybridized carbons (Fsp3) is 0.551. The van der Waals surface area contributed by atoms with Gasteiger partial charge in [-0.15, -0.1) is 0 Å². The quantitative estimate of drug-likeness (QED) is 0.0266. The molecule has 33 nitrogen and oxygen atoms in total. The number of amides is 9. The van der Waals surface area contributed by atoms with Gasteiger partial charge in [0.05, 0.1) is 25.4 Å². The van der Waals surface area contributed by atoms with Crippen molar-refractivity contribution in [2.24, 2.45) is 0 Å². The highest BCUT2D eigenvalue weighted by Gasteiger charge is 2.45. The molecule has 0 saturated carbocycles. The Morgan fingerprint density at radius 3 is 1.44 bits per heavy atom. The van der Waals surface area contributed by atoms with Gasteiger partial charge in [0, 0.05) is 32.5 Å². The van der Waals surface area contributed by atoms with Crippen LogP contribution in [-0.2, 0) is 69.8 Å². The minimum Gasteiger partial charge on any atom is -0.508 e. The lowest BCUT2D eigenvalue weighted by Crippen LogP contribution is -2.70. The van der Waals surface area contributed by atoms with Gasteiger partial charge in [0.2, 0.25) is 47.3 Å². The summed E-state index contributed by atoms with van der Waals surface area (Å²) in [7, 11) is -9.96. The van der Waals surface area contributed by atoms with Crippen LogP contribution in [0.4, 0.5) is 0 Å². The van der Waals surface area contributed by atoms with Crippen molar-refractivity contribution in [2.75, 3.05) is 46.1 Å². The van der Waals surface area contributed by atoms with E-state index in [-0.39, 0.29) is 76.1 Å². The summed E-state index contributed by atoms with van der Waals surface area (Å²) in [5.74, 6) is -9.54. The second-order valence-electron chi connectivity index (χ2n) is 20.2. The van der Waals surface area contributed by atoms with Gasteiger partial charge in [0.25, 0.3) is 5.91 Å². The highest BCUT2D eigenvalue weighted by atomic mass is 31.2. The Bertz CT molecular complexity index is 2650. The predicted octanol–water partition coefficient (Wildman–Crippen LogP) is -7.72. The molecular formula is C49H73N10O23P2+3. The number of hydrogen-bond donors (Lipinski definition) is 18. The molecule has 0 radical (unpaired) electrons. The maximum absolute atomic E-state index is 14.0. The standard InChI is InChI=1S/C49H70N10O23P2/c1-26(63)40(56-45(70)39-7-4-18-59(39)49(74)37(25-82-84(78,79)80)54-41(66)32(50)19-27-8-12-30(64)13-9-27)46(71)53-35(23-62)47(72)58-17-3-6-38(58)44(69)52-34(22-61)43(68)51-33(20-28-10-14-31(65)15-11-28)42(67)55-36(24-81-83(75,76)77)48(73)57-16-2-5-29(57)21-60/h8-15,21,26,29,32-40,61-63,75-80H,2-7,16-20,22-25,50H2,1H3,(H6-2,51,52,53,54,55,56,64,65,66,67,68,69,70,71)/p+3/t26-,29+,32+,33+,34+,35+,36+,37+,38+,39+,40+/m1/s1. The number of phenolic OH excluding ortho intramolecular Hbond substituents is 2. The number of hydrogen-bond acceptors (Lipinski definition) is 23. The predicted molar refractivity (Wildman–Crippen MR) is 287 cm³/mol. The topological polar surface area (TPSA) is 521 Å². The molecular weight excluding hydrogens is 1160 g/mol. The smallest absolute Gasteiger partial charge is 0.508 e. The van der Waals surface area contributed by atoms with Crippen molar-refractivity contribution in [3.05, 3.63) is 59.7 Å². The van der Waals surface area contributed by atoms with Crippen LogP contribution in [0.3, 0.4) is 0 Å². The Balaban J connectivity index is 1.24. The molecule has 3 heterocycles. The van der Waals surface area contributed by atoms with Gasteiger partial charge in [0.15, 0.2) is 6.04 Å². The van der Waals surface area contributed by atoms with Gasteiger partial charge in [-0.2, -0.15) is 38.4 Å². The largest absolute Gasteiger partial charge is 0.567 e. The van der Waals surface area contributed by atoms with Crippen LogP contribution >= 0.6 is 16.3 Å². The molecule has 0 aromatic heterocycles. The van der Waals surface area contributed by atoms with Gasteiger partial charge in [0.1, 0.15) is 79.3 Å². The summed E-state index contributed by atoms with van der Waals surface area (Å²) >= 11 is 0. The van der Waals surface area contributed by atoms with Gasteiger partial charge < -0.3 is 82.7 Å². The van der Waals surface area contributed by atoms with Crippen molar-refractivity contribution >= 4 is 75.8 Å². The van der Waals surface area contributed by atoms with E-state index in [4.69, 9.17) is 0 Å². The zero-order chi connectivity index (χ0) is 62.2. The number of carbonyl (C=O) groups excluding carboxylic acids is 10. The lowest BCUT2D eigenvalue weighted by Gasteiger charge is -2.31. The Labute approximate surface area is 480 Å². The summed E-state index contributed by atoms with van der Waals surface area (Å²) < 4.78 is 9.33. The maximum atomic E-state index is 14.0. The van der Waals surface area contributed by atoms with Gasteiger partial charge in [-0.1, -0.05) is 24.3 Å². The molecule has 84 heavy (non-hydrogen) atoms. The van der Waals surface area contributed by atoms with E-state index in [9.17, 15) is 103 Å². The molecule has 2 aromatic rings. The minimum absolute atomic E-state index is 0.0241. The fourth-order valence-corrected chi connectivity index (χ4v) is 10.3. The number of nitrogens with zero attached hydrogens (tertiary/aromatic N) is 3. The van der Waals surface area contributed by atoms with E-state index >= 15 is 0 Å². The fourth-order valence-electron chi connectivity index (χ4n) is 9.60. The summed E-state index contributed by atoms with van der Waals surface area (Å²) in [6, 6.07) is -4.37. The lowest BCUT2D eigenvalue weighted by molar-refractivity contribution is -0.403. The molecule has 2 aromatic carbocycles. The number of benzene rings is 2. The van der Waals surface area contributed by atoms with Crippen molar-refractivity contribution in [1.29, 1.82) is 0 Å². The second-order valence-corrected chi connectivity index (χ2v) is 22.8. The Kier molecular flexibility index (Phi) is 25.1. The van der Waals surface area contributed by atoms with Crippen LogP contribution in [0.25, 0.3) is 0 Å². The van der Waals surface area contributed by atoms with E-state index in [2.05, 4.69) is 46.7 Å². The number of aromatic hydroxyl groups is 2. The Morgan fingerprint density at radius 1 is 0.560 bits per heavy atom. The zero-order valence-electron chi connectivity index (χ0n) is 45.4. The van der Waals surface area contributed by atoms with E-state index in [1.165, 1.54) is 48.5 Å². The molecule has 5 rings (SSSR count). The molecule has 3 saturated heterocycles. The molecule has 0 spiro atoms. The average Bonchev–Trinajstić information content (AvgIpc) is 3.85. The minimum atomic E-state index is -4.99. The highest BCUT2D eigenvalue weighted by Crippen LogP contribution is 2.46. The first-order valence-corrected chi connectivity index (χ1v) is 29.6. The molecule has 35 heteroatoms. The molecule has 9 amide bonds. The Morgan fingerprint density at radius 2 is 0.964 bits per heavy atom. The number of aliphatic hydroxyl groups is 3. The number of quaternary nitrogens is 1. The molecule has 3 aliphatic rings. The van der Waals surface area contributed by atoms with Crippen molar-refractivity contribution < 1.29 is 118 Å². The highest BCUT2D eigenvalue weighted by molar-refractivity contribution is 7.53. The average molecular weight is 1230 g/mol.